The van der Waals surface area contributed by atoms with Crippen molar-refractivity contribution in [2.75, 3.05) is 7.11 Å². The first-order valence-electron chi connectivity index (χ1n) is 5.28. The highest BCUT2D eigenvalue weighted by atomic mass is 16.5. The Bertz CT molecular complexity index is 756. The second-order valence-electron chi connectivity index (χ2n) is 3.82. The SMILES string of the molecule is COc1ccc2ccc3oc(=O)ccc3c2c1. The fraction of sp³-hybridized carbons (Fsp3) is 0.0714. The van der Waals surface area contributed by atoms with E-state index in [0.717, 1.165) is 21.9 Å². The third-order valence-corrected chi connectivity index (χ3v) is 2.83. The molecular formula is C14H10O3. The van der Waals surface area contributed by atoms with Gasteiger partial charge in [0.25, 0.3) is 0 Å². The van der Waals surface area contributed by atoms with Crippen LogP contribution in [-0.4, -0.2) is 7.11 Å². The molecule has 0 aliphatic heterocycles. The molecule has 2 aromatic carbocycles. The number of rotatable bonds is 1. The Balaban J connectivity index is 2.48. The Kier molecular flexibility index (Phi) is 2.11. The summed E-state index contributed by atoms with van der Waals surface area (Å²) < 4.78 is 10.3. The maximum absolute atomic E-state index is 11.2. The van der Waals surface area contributed by atoms with Crippen molar-refractivity contribution in [2.45, 2.75) is 0 Å². The van der Waals surface area contributed by atoms with Crippen LogP contribution in [0.5, 0.6) is 5.75 Å². The van der Waals surface area contributed by atoms with Crippen LogP contribution in [0.3, 0.4) is 0 Å². The number of hydrogen-bond donors (Lipinski definition) is 0. The average Bonchev–Trinajstić information content (AvgIpc) is 2.37. The van der Waals surface area contributed by atoms with Crippen molar-refractivity contribution in [1.29, 1.82) is 0 Å². The lowest BCUT2D eigenvalue weighted by molar-refractivity contribution is 0.415. The summed E-state index contributed by atoms with van der Waals surface area (Å²) in [5.74, 6) is 0.788. The van der Waals surface area contributed by atoms with Crippen molar-refractivity contribution in [1.82, 2.24) is 0 Å². The quantitative estimate of drug-likeness (QED) is 0.473. The van der Waals surface area contributed by atoms with Crippen LogP contribution in [0, 0.1) is 0 Å². The van der Waals surface area contributed by atoms with Crippen LogP contribution in [0.25, 0.3) is 21.7 Å². The number of benzene rings is 2. The van der Waals surface area contributed by atoms with Crippen LogP contribution in [0.4, 0.5) is 0 Å². The molecule has 0 amide bonds. The molecule has 84 valence electrons. The highest BCUT2D eigenvalue weighted by Gasteiger charge is 2.03. The zero-order chi connectivity index (χ0) is 11.8. The van der Waals surface area contributed by atoms with Crippen LogP contribution in [0.2, 0.25) is 0 Å². The second kappa shape index (κ2) is 3.63. The maximum Gasteiger partial charge on any atom is 0.336 e. The lowest BCUT2D eigenvalue weighted by Crippen LogP contribution is -1.94. The molecule has 0 saturated heterocycles. The summed E-state index contributed by atoms with van der Waals surface area (Å²) in [6, 6.07) is 12.8. The third kappa shape index (κ3) is 1.56. The predicted molar refractivity (Wildman–Crippen MR) is 66.5 cm³/mol. The maximum atomic E-state index is 11.2. The van der Waals surface area contributed by atoms with Crippen LogP contribution < -0.4 is 10.4 Å². The van der Waals surface area contributed by atoms with E-state index in [9.17, 15) is 4.79 Å². The topological polar surface area (TPSA) is 39.4 Å². The van der Waals surface area contributed by atoms with E-state index in [1.54, 1.807) is 13.2 Å². The standard InChI is InChI=1S/C14H10O3/c1-16-10-4-2-9-3-6-13-11(12(9)8-10)5-7-14(15)17-13/h2-8H,1H3. The third-order valence-electron chi connectivity index (χ3n) is 2.83. The Morgan fingerprint density at radius 1 is 1.00 bits per heavy atom. The van der Waals surface area contributed by atoms with Gasteiger partial charge in [0.2, 0.25) is 0 Å². The second-order valence-corrected chi connectivity index (χ2v) is 3.82. The van der Waals surface area contributed by atoms with Gasteiger partial charge in [-0.25, -0.2) is 4.79 Å². The van der Waals surface area contributed by atoms with Crippen LogP contribution >= 0.6 is 0 Å². The zero-order valence-electron chi connectivity index (χ0n) is 9.27. The first-order valence-corrected chi connectivity index (χ1v) is 5.28. The van der Waals surface area contributed by atoms with Crippen molar-refractivity contribution < 1.29 is 9.15 Å². The fourth-order valence-electron chi connectivity index (χ4n) is 1.98. The van der Waals surface area contributed by atoms with E-state index in [-0.39, 0.29) is 5.63 Å². The summed E-state index contributed by atoms with van der Waals surface area (Å²) in [6.45, 7) is 0. The Hall–Kier alpha value is -2.29. The van der Waals surface area contributed by atoms with Crippen molar-refractivity contribution >= 4 is 21.7 Å². The smallest absolute Gasteiger partial charge is 0.336 e. The molecule has 0 aliphatic rings. The molecule has 3 heteroatoms. The first kappa shape index (κ1) is 9.90. The molecule has 1 aromatic heterocycles. The van der Waals surface area contributed by atoms with Gasteiger partial charge in [-0.1, -0.05) is 12.1 Å². The summed E-state index contributed by atoms with van der Waals surface area (Å²) in [5.41, 5.74) is 0.262. The van der Waals surface area contributed by atoms with Gasteiger partial charge in [-0.3, -0.25) is 0 Å². The highest BCUT2D eigenvalue weighted by Crippen LogP contribution is 2.27. The van der Waals surface area contributed by atoms with Crippen LogP contribution in [0.15, 0.2) is 51.7 Å². The number of methoxy groups -OCH3 is 1. The molecule has 3 aromatic rings. The molecular weight excluding hydrogens is 216 g/mol. The molecule has 3 nitrogen and oxygen atoms in total. The van der Waals surface area contributed by atoms with Crippen LogP contribution in [0.1, 0.15) is 0 Å². The van der Waals surface area contributed by atoms with Gasteiger partial charge in [-0.15, -0.1) is 0 Å². The number of fused-ring (bicyclic) bond motifs is 3. The summed E-state index contributed by atoms with van der Waals surface area (Å²) in [7, 11) is 1.63. The molecule has 0 bridgehead atoms. The van der Waals surface area contributed by atoms with Crippen molar-refractivity contribution in [3.05, 3.63) is 52.9 Å². The minimum Gasteiger partial charge on any atom is -0.497 e. The Morgan fingerprint density at radius 2 is 1.82 bits per heavy atom. The van der Waals surface area contributed by atoms with E-state index >= 15 is 0 Å². The first-order chi connectivity index (χ1) is 8.28. The molecule has 0 spiro atoms. The molecule has 0 atom stereocenters. The minimum absolute atomic E-state index is 0.334. The lowest BCUT2D eigenvalue weighted by Gasteiger charge is -2.05. The fourth-order valence-corrected chi connectivity index (χ4v) is 1.98. The van der Waals surface area contributed by atoms with E-state index in [1.807, 2.05) is 30.3 Å². The zero-order valence-corrected chi connectivity index (χ0v) is 9.27. The van der Waals surface area contributed by atoms with Gasteiger partial charge in [0.15, 0.2) is 0 Å². The molecule has 0 fully saturated rings. The molecule has 0 saturated carbocycles. The lowest BCUT2D eigenvalue weighted by atomic mass is 10.1. The molecule has 3 rings (SSSR count). The van der Waals surface area contributed by atoms with Gasteiger partial charge in [0.1, 0.15) is 11.3 Å². The van der Waals surface area contributed by atoms with Crippen molar-refractivity contribution in [3.63, 3.8) is 0 Å². The normalized spacial score (nSPS) is 10.9. The van der Waals surface area contributed by atoms with E-state index in [2.05, 4.69) is 0 Å². The highest BCUT2D eigenvalue weighted by molar-refractivity contribution is 6.05. The van der Waals surface area contributed by atoms with Gasteiger partial charge >= 0.3 is 5.63 Å². The molecule has 17 heavy (non-hydrogen) atoms. The van der Waals surface area contributed by atoms with Gasteiger partial charge in [-0.05, 0) is 35.0 Å². The van der Waals surface area contributed by atoms with Gasteiger partial charge in [0, 0.05) is 11.5 Å². The van der Waals surface area contributed by atoms with Crippen molar-refractivity contribution in [2.24, 2.45) is 0 Å². The molecule has 1 heterocycles. The molecule has 0 aliphatic carbocycles. The summed E-state index contributed by atoms with van der Waals surface area (Å²) >= 11 is 0. The predicted octanol–water partition coefficient (Wildman–Crippen LogP) is 2.95. The summed E-state index contributed by atoms with van der Waals surface area (Å²) in [5, 5.41) is 3.03. The van der Waals surface area contributed by atoms with E-state index in [0.29, 0.717) is 5.58 Å². The van der Waals surface area contributed by atoms with E-state index in [4.69, 9.17) is 9.15 Å². The van der Waals surface area contributed by atoms with Crippen LogP contribution in [-0.2, 0) is 0 Å². The largest absolute Gasteiger partial charge is 0.497 e. The molecule has 0 radical (unpaired) electrons. The van der Waals surface area contributed by atoms with E-state index in [1.165, 1.54) is 6.07 Å². The summed E-state index contributed by atoms with van der Waals surface area (Å²) in [6.07, 6.45) is 0. The minimum atomic E-state index is -0.334. The molecule has 0 unspecified atom stereocenters. The van der Waals surface area contributed by atoms with Crippen molar-refractivity contribution in [3.8, 4) is 5.75 Å². The Labute approximate surface area is 97.2 Å². The summed E-state index contributed by atoms with van der Waals surface area (Å²) in [4.78, 5) is 11.2. The van der Waals surface area contributed by atoms with E-state index < -0.39 is 0 Å². The van der Waals surface area contributed by atoms with Gasteiger partial charge in [0.05, 0.1) is 7.11 Å². The Morgan fingerprint density at radius 3 is 2.65 bits per heavy atom. The number of hydrogen-bond acceptors (Lipinski definition) is 3. The molecule has 0 N–H and O–H groups in total. The monoisotopic (exact) mass is 226 g/mol. The number of ether oxygens (including phenoxy) is 1. The average molecular weight is 226 g/mol. The van der Waals surface area contributed by atoms with Gasteiger partial charge in [-0.2, -0.15) is 0 Å². The van der Waals surface area contributed by atoms with Gasteiger partial charge < -0.3 is 9.15 Å².